The minimum Gasteiger partial charge on any atom is -0.496 e. The summed E-state index contributed by atoms with van der Waals surface area (Å²) in [6.45, 7) is 6.59. The standard InChI is InChI=1S/C25H25BrO6/c1-13(27)9-10-15-14(12-26)11-17-20(23(15)32-24(30)25(2,3)4)22(29)19-16(21(17)28)7-6-8-18(19)31-5/h6-8,11H,9-10,12H2,1-5H3. The van der Waals surface area contributed by atoms with Crippen molar-refractivity contribution in [3.8, 4) is 11.5 Å². The van der Waals surface area contributed by atoms with E-state index in [4.69, 9.17) is 9.47 Å². The van der Waals surface area contributed by atoms with E-state index < -0.39 is 17.2 Å². The number of esters is 1. The van der Waals surface area contributed by atoms with Crippen LogP contribution in [0.1, 0.15) is 77.1 Å². The van der Waals surface area contributed by atoms with Crippen LogP contribution >= 0.6 is 15.9 Å². The molecule has 168 valence electrons. The summed E-state index contributed by atoms with van der Waals surface area (Å²) >= 11 is 3.43. The molecule has 0 saturated carbocycles. The minimum atomic E-state index is -0.841. The van der Waals surface area contributed by atoms with Gasteiger partial charge in [0.05, 0.1) is 23.7 Å². The van der Waals surface area contributed by atoms with E-state index in [9.17, 15) is 19.2 Å². The number of carbonyl (C=O) groups excluding carboxylic acids is 4. The molecule has 32 heavy (non-hydrogen) atoms. The highest BCUT2D eigenvalue weighted by molar-refractivity contribution is 9.08. The fraction of sp³-hybridized carbons (Fsp3) is 0.360. The van der Waals surface area contributed by atoms with Gasteiger partial charge in [0.25, 0.3) is 0 Å². The van der Waals surface area contributed by atoms with E-state index in [1.807, 2.05) is 0 Å². The molecule has 0 saturated heterocycles. The van der Waals surface area contributed by atoms with Crippen molar-refractivity contribution in [1.29, 1.82) is 0 Å². The molecule has 0 aliphatic heterocycles. The number of ether oxygens (including phenoxy) is 2. The number of carbonyl (C=O) groups is 4. The van der Waals surface area contributed by atoms with Gasteiger partial charge in [-0.25, -0.2) is 0 Å². The maximum atomic E-state index is 13.7. The number of rotatable bonds is 6. The lowest BCUT2D eigenvalue weighted by atomic mass is 9.80. The third-order valence-electron chi connectivity index (χ3n) is 5.34. The number of alkyl halides is 1. The highest BCUT2D eigenvalue weighted by Gasteiger charge is 2.38. The first-order valence-electron chi connectivity index (χ1n) is 10.2. The molecule has 0 spiro atoms. The van der Waals surface area contributed by atoms with E-state index in [0.717, 1.165) is 0 Å². The van der Waals surface area contributed by atoms with Crippen LogP contribution in [0.25, 0.3) is 0 Å². The Morgan fingerprint density at radius 2 is 1.72 bits per heavy atom. The van der Waals surface area contributed by atoms with Gasteiger partial charge in [0, 0.05) is 28.4 Å². The molecule has 0 radical (unpaired) electrons. The van der Waals surface area contributed by atoms with Crippen molar-refractivity contribution in [2.75, 3.05) is 7.11 Å². The third kappa shape index (κ3) is 4.26. The number of benzene rings is 2. The highest BCUT2D eigenvalue weighted by atomic mass is 79.9. The summed E-state index contributed by atoms with van der Waals surface area (Å²) in [5.41, 5.74) is 1.01. The molecule has 0 heterocycles. The van der Waals surface area contributed by atoms with Gasteiger partial charge in [0.1, 0.15) is 17.3 Å². The lowest BCUT2D eigenvalue weighted by Crippen LogP contribution is -2.29. The first kappa shape index (κ1) is 23.9. The molecule has 2 aromatic carbocycles. The zero-order chi connectivity index (χ0) is 23.8. The Kier molecular flexibility index (Phi) is 6.69. The number of methoxy groups -OCH3 is 1. The first-order chi connectivity index (χ1) is 15.0. The van der Waals surface area contributed by atoms with Gasteiger partial charge in [-0.05, 0) is 51.8 Å². The molecule has 0 N–H and O–H groups in total. The SMILES string of the molecule is COc1cccc2c1C(=O)c1c(cc(CBr)c(CCC(C)=O)c1OC(=O)C(C)(C)C)C2=O. The van der Waals surface area contributed by atoms with Crippen molar-refractivity contribution in [2.45, 2.75) is 45.9 Å². The van der Waals surface area contributed by atoms with Crippen LogP contribution in [0.4, 0.5) is 0 Å². The lowest BCUT2D eigenvalue weighted by Gasteiger charge is -2.26. The van der Waals surface area contributed by atoms with Crippen LogP contribution in [0.5, 0.6) is 11.5 Å². The van der Waals surface area contributed by atoms with E-state index in [1.165, 1.54) is 14.0 Å². The fourth-order valence-electron chi connectivity index (χ4n) is 3.60. The normalized spacial score (nSPS) is 12.8. The zero-order valence-electron chi connectivity index (χ0n) is 18.8. The maximum Gasteiger partial charge on any atom is 0.316 e. The van der Waals surface area contributed by atoms with Gasteiger partial charge in [-0.15, -0.1) is 0 Å². The van der Waals surface area contributed by atoms with Gasteiger partial charge in [0.15, 0.2) is 5.78 Å². The number of halogens is 1. The Morgan fingerprint density at radius 3 is 2.28 bits per heavy atom. The number of Topliss-reactive ketones (excluding diaryl/α,β-unsaturated/α-hetero) is 1. The summed E-state index contributed by atoms with van der Waals surface area (Å²) in [6.07, 6.45) is 0.484. The molecule has 0 bridgehead atoms. The Morgan fingerprint density at radius 1 is 1.03 bits per heavy atom. The highest BCUT2D eigenvalue weighted by Crippen LogP contribution is 2.42. The molecular formula is C25H25BrO6. The third-order valence-corrected chi connectivity index (χ3v) is 5.95. The molecule has 3 rings (SSSR count). The van der Waals surface area contributed by atoms with Gasteiger partial charge in [0.2, 0.25) is 5.78 Å². The lowest BCUT2D eigenvalue weighted by molar-refractivity contribution is -0.143. The van der Waals surface area contributed by atoms with Crippen LogP contribution < -0.4 is 9.47 Å². The van der Waals surface area contributed by atoms with E-state index in [2.05, 4.69) is 15.9 Å². The Hall–Kier alpha value is -2.80. The molecule has 6 nitrogen and oxygen atoms in total. The Bertz CT molecular complexity index is 1140. The van der Waals surface area contributed by atoms with Crippen LogP contribution in [0.2, 0.25) is 0 Å². The molecule has 1 aliphatic rings. The summed E-state index contributed by atoms with van der Waals surface area (Å²) in [5.74, 6) is -1.05. The monoisotopic (exact) mass is 500 g/mol. The molecule has 0 fully saturated rings. The summed E-state index contributed by atoms with van der Waals surface area (Å²) in [4.78, 5) is 51.6. The predicted octanol–water partition coefficient (Wildman–Crippen LogP) is 4.84. The Labute approximate surface area is 195 Å². The summed E-state index contributed by atoms with van der Waals surface area (Å²) in [5, 5.41) is 0.361. The molecule has 0 atom stereocenters. The average molecular weight is 501 g/mol. The number of hydrogen-bond donors (Lipinski definition) is 0. The van der Waals surface area contributed by atoms with E-state index in [0.29, 0.717) is 16.5 Å². The van der Waals surface area contributed by atoms with Crippen molar-refractivity contribution in [2.24, 2.45) is 5.41 Å². The van der Waals surface area contributed by atoms with Gasteiger partial charge in [-0.2, -0.15) is 0 Å². The first-order valence-corrected chi connectivity index (χ1v) is 11.4. The molecule has 1 aliphatic carbocycles. The number of fused-ring (bicyclic) bond motifs is 2. The van der Waals surface area contributed by atoms with Crippen LogP contribution in [-0.4, -0.2) is 30.4 Å². The van der Waals surface area contributed by atoms with Gasteiger partial charge >= 0.3 is 5.97 Å². The molecule has 7 heteroatoms. The topological polar surface area (TPSA) is 86.7 Å². The van der Waals surface area contributed by atoms with Gasteiger partial charge in [-0.3, -0.25) is 14.4 Å². The van der Waals surface area contributed by atoms with Crippen LogP contribution in [-0.2, 0) is 21.3 Å². The molecule has 0 amide bonds. The van der Waals surface area contributed by atoms with Crippen molar-refractivity contribution in [3.63, 3.8) is 0 Å². The number of hydrogen-bond acceptors (Lipinski definition) is 6. The van der Waals surface area contributed by atoms with Crippen molar-refractivity contribution in [1.82, 2.24) is 0 Å². The fourth-order valence-corrected chi connectivity index (χ4v) is 4.10. The van der Waals surface area contributed by atoms with Crippen LogP contribution in [0, 0.1) is 5.41 Å². The van der Waals surface area contributed by atoms with Gasteiger partial charge < -0.3 is 14.3 Å². The smallest absolute Gasteiger partial charge is 0.316 e. The van der Waals surface area contributed by atoms with E-state index >= 15 is 0 Å². The quantitative estimate of drug-likeness (QED) is 0.273. The van der Waals surface area contributed by atoms with Crippen molar-refractivity contribution >= 4 is 39.2 Å². The number of ketones is 3. The molecule has 2 aromatic rings. The van der Waals surface area contributed by atoms with Crippen molar-refractivity contribution < 1.29 is 28.7 Å². The zero-order valence-corrected chi connectivity index (χ0v) is 20.3. The van der Waals surface area contributed by atoms with Crippen LogP contribution in [0.15, 0.2) is 24.3 Å². The minimum absolute atomic E-state index is 0.0350. The molecular weight excluding hydrogens is 476 g/mol. The van der Waals surface area contributed by atoms with Crippen molar-refractivity contribution in [3.05, 3.63) is 57.6 Å². The maximum absolute atomic E-state index is 13.7. The summed E-state index contributed by atoms with van der Waals surface area (Å²) < 4.78 is 11.1. The molecule has 0 unspecified atom stereocenters. The molecule has 0 aromatic heterocycles. The predicted molar refractivity (Wildman–Crippen MR) is 123 cm³/mol. The summed E-state index contributed by atoms with van der Waals surface area (Å²) in [6, 6.07) is 6.50. The average Bonchev–Trinajstić information content (AvgIpc) is 2.74. The summed E-state index contributed by atoms with van der Waals surface area (Å²) in [7, 11) is 1.43. The largest absolute Gasteiger partial charge is 0.496 e. The second-order valence-electron chi connectivity index (χ2n) is 8.78. The van der Waals surface area contributed by atoms with Gasteiger partial charge in [-0.1, -0.05) is 28.1 Å². The van der Waals surface area contributed by atoms with E-state index in [1.54, 1.807) is 45.0 Å². The van der Waals surface area contributed by atoms with Crippen LogP contribution in [0.3, 0.4) is 0 Å². The second kappa shape index (κ2) is 8.98. The second-order valence-corrected chi connectivity index (χ2v) is 9.34. The Balaban J connectivity index is 2.34. The van der Waals surface area contributed by atoms with E-state index in [-0.39, 0.29) is 58.2 Å².